The van der Waals surface area contributed by atoms with Crippen LogP contribution < -0.4 is 4.74 Å². The van der Waals surface area contributed by atoms with Crippen LogP contribution in [0.3, 0.4) is 0 Å². The molecule has 0 aromatic heterocycles. The van der Waals surface area contributed by atoms with Gasteiger partial charge in [0, 0.05) is 6.07 Å². The summed E-state index contributed by atoms with van der Waals surface area (Å²) in [6, 6.07) is 35.0. The zero-order chi connectivity index (χ0) is 24.8. The Bertz CT molecular complexity index is 1250. The summed E-state index contributed by atoms with van der Waals surface area (Å²) >= 11 is 0. The number of halogens is 1. The van der Waals surface area contributed by atoms with Gasteiger partial charge < -0.3 is 9.47 Å². The molecule has 0 bridgehead atoms. The van der Waals surface area contributed by atoms with Crippen LogP contribution in [0.1, 0.15) is 31.2 Å². The third-order valence-corrected chi connectivity index (χ3v) is 8.67. The molecule has 1 aliphatic rings. The van der Waals surface area contributed by atoms with Crippen molar-refractivity contribution in [2.75, 3.05) is 6.61 Å². The summed E-state index contributed by atoms with van der Waals surface area (Å²) in [5, 5.41) is 0. The first kappa shape index (κ1) is 24.1. The van der Waals surface area contributed by atoms with E-state index >= 15 is 0 Å². The van der Waals surface area contributed by atoms with Crippen LogP contribution in [0.2, 0.25) is 0 Å². The largest absolute Gasteiger partial charge is 0.479 e. The van der Waals surface area contributed by atoms with Crippen LogP contribution in [0, 0.1) is 5.82 Å². The maximum Gasteiger partial charge on any atom is 0.345 e. The van der Waals surface area contributed by atoms with E-state index in [1.165, 1.54) is 6.07 Å². The van der Waals surface area contributed by atoms with Gasteiger partial charge in [-0.25, -0.2) is 9.18 Å². The predicted octanol–water partition coefficient (Wildman–Crippen LogP) is 7.31. The standard InChI is InChI=1S/C31H28FO3S/c32-28-19-18-27(36(25-14-6-2-7-15-25)26-16-8-3-9-17-26)22-29(28)34-23-30(33)35-31(20-10-11-21-31)24-12-4-1-5-13-24/h1-9,12-19,22H,10-11,20-21,23H2/q+1. The van der Waals surface area contributed by atoms with E-state index in [4.69, 9.17) is 9.47 Å². The van der Waals surface area contributed by atoms with Crippen molar-refractivity contribution in [1.82, 2.24) is 0 Å². The molecule has 1 aliphatic carbocycles. The van der Waals surface area contributed by atoms with Crippen molar-refractivity contribution in [3.05, 3.63) is 121 Å². The van der Waals surface area contributed by atoms with E-state index in [0.29, 0.717) is 0 Å². The minimum atomic E-state index is -0.630. The zero-order valence-electron chi connectivity index (χ0n) is 19.9. The normalized spacial score (nSPS) is 14.5. The molecule has 0 atom stereocenters. The minimum Gasteiger partial charge on any atom is -0.479 e. The smallest absolute Gasteiger partial charge is 0.345 e. The molecule has 1 saturated carbocycles. The molecule has 0 amide bonds. The maximum absolute atomic E-state index is 14.8. The SMILES string of the molecule is O=C(COc1cc([S+](c2ccccc2)c2ccccc2)ccc1F)OC1(c2ccccc2)CCCC1. The van der Waals surface area contributed by atoms with Gasteiger partial charge in [-0.2, -0.15) is 0 Å². The monoisotopic (exact) mass is 499 g/mol. The summed E-state index contributed by atoms with van der Waals surface area (Å²) in [6.45, 7) is -0.348. The number of hydrogen-bond acceptors (Lipinski definition) is 3. The molecule has 4 aromatic carbocycles. The highest BCUT2D eigenvalue weighted by Gasteiger charge is 2.39. The Morgan fingerprint density at radius 3 is 1.89 bits per heavy atom. The molecule has 0 heterocycles. The second-order valence-corrected chi connectivity index (χ2v) is 10.9. The molecule has 36 heavy (non-hydrogen) atoms. The van der Waals surface area contributed by atoms with E-state index in [9.17, 15) is 9.18 Å². The number of hydrogen-bond donors (Lipinski definition) is 0. The Kier molecular flexibility index (Phi) is 7.38. The maximum atomic E-state index is 14.8. The van der Waals surface area contributed by atoms with Gasteiger partial charge in [-0.1, -0.05) is 66.7 Å². The molecular weight excluding hydrogens is 471 g/mol. The summed E-state index contributed by atoms with van der Waals surface area (Å²) in [5.74, 6) is -0.945. The summed E-state index contributed by atoms with van der Waals surface area (Å²) in [5.41, 5.74) is 0.369. The summed E-state index contributed by atoms with van der Waals surface area (Å²) in [4.78, 5) is 16.0. The van der Waals surface area contributed by atoms with Crippen LogP contribution in [-0.2, 0) is 26.0 Å². The van der Waals surface area contributed by atoms with Gasteiger partial charge in [0.1, 0.15) is 5.60 Å². The topological polar surface area (TPSA) is 35.5 Å². The van der Waals surface area contributed by atoms with Crippen LogP contribution in [0.4, 0.5) is 4.39 Å². The fourth-order valence-corrected chi connectivity index (χ4v) is 6.87. The van der Waals surface area contributed by atoms with Crippen LogP contribution in [0.25, 0.3) is 0 Å². The van der Waals surface area contributed by atoms with Crippen molar-refractivity contribution in [3.63, 3.8) is 0 Å². The number of carbonyl (C=O) groups excluding carboxylic acids is 1. The number of ether oxygens (including phenoxy) is 2. The average Bonchev–Trinajstić information content (AvgIpc) is 3.40. The highest BCUT2D eigenvalue weighted by molar-refractivity contribution is 7.97. The van der Waals surface area contributed by atoms with Gasteiger partial charge in [0.2, 0.25) is 0 Å². The molecule has 0 aliphatic heterocycles. The molecule has 0 unspecified atom stereocenters. The Morgan fingerprint density at radius 1 is 0.750 bits per heavy atom. The lowest BCUT2D eigenvalue weighted by atomic mass is 9.92. The Morgan fingerprint density at radius 2 is 1.31 bits per heavy atom. The molecule has 0 radical (unpaired) electrons. The molecule has 0 N–H and O–H groups in total. The predicted molar refractivity (Wildman–Crippen MR) is 140 cm³/mol. The second kappa shape index (κ2) is 11.0. The van der Waals surface area contributed by atoms with Crippen molar-refractivity contribution in [1.29, 1.82) is 0 Å². The van der Waals surface area contributed by atoms with Crippen LogP contribution >= 0.6 is 0 Å². The van der Waals surface area contributed by atoms with Crippen molar-refractivity contribution >= 4 is 16.9 Å². The second-order valence-electron chi connectivity index (χ2n) is 8.85. The van der Waals surface area contributed by atoms with Crippen molar-refractivity contribution in [2.45, 2.75) is 46.0 Å². The first-order valence-electron chi connectivity index (χ1n) is 12.2. The fourth-order valence-electron chi connectivity index (χ4n) is 4.76. The van der Waals surface area contributed by atoms with Gasteiger partial charge in [0.05, 0.1) is 10.9 Å². The summed E-state index contributed by atoms with van der Waals surface area (Å²) in [6.07, 6.45) is 3.56. The van der Waals surface area contributed by atoms with E-state index in [1.54, 1.807) is 12.1 Å². The Labute approximate surface area is 214 Å². The van der Waals surface area contributed by atoms with Gasteiger partial charge in [-0.15, -0.1) is 0 Å². The number of carbonyl (C=O) groups is 1. The van der Waals surface area contributed by atoms with Crippen molar-refractivity contribution in [3.8, 4) is 5.75 Å². The van der Waals surface area contributed by atoms with Crippen molar-refractivity contribution < 1.29 is 18.7 Å². The molecule has 0 spiro atoms. The summed E-state index contributed by atoms with van der Waals surface area (Å²) < 4.78 is 26.4. The lowest BCUT2D eigenvalue weighted by Crippen LogP contribution is -2.31. The number of rotatable bonds is 8. The molecule has 5 rings (SSSR count). The average molecular weight is 500 g/mol. The van der Waals surface area contributed by atoms with E-state index in [0.717, 1.165) is 45.9 Å². The minimum absolute atomic E-state index is 0.0500. The first-order valence-corrected chi connectivity index (χ1v) is 13.4. The molecular formula is C31H28FO3S+. The number of esters is 1. The fraction of sp³-hybridized carbons (Fsp3) is 0.194. The molecule has 4 aromatic rings. The highest BCUT2D eigenvalue weighted by atomic mass is 32.2. The zero-order valence-corrected chi connectivity index (χ0v) is 20.8. The van der Waals surface area contributed by atoms with Gasteiger partial charge in [0.25, 0.3) is 0 Å². The van der Waals surface area contributed by atoms with Crippen LogP contribution in [0.15, 0.2) is 124 Å². The summed E-state index contributed by atoms with van der Waals surface area (Å²) in [7, 11) is -0.446. The van der Waals surface area contributed by atoms with Gasteiger partial charge in [-0.05, 0) is 67.6 Å². The third-order valence-electron chi connectivity index (χ3n) is 6.46. The van der Waals surface area contributed by atoms with Gasteiger partial charge in [-0.3, -0.25) is 0 Å². The lowest BCUT2D eigenvalue weighted by molar-refractivity contribution is -0.163. The van der Waals surface area contributed by atoms with E-state index in [2.05, 4.69) is 24.3 Å². The quantitative estimate of drug-likeness (QED) is 0.188. The van der Waals surface area contributed by atoms with Crippen LogP contribution in [0.5, 0.6) is 5.75 Å². The Hall–Kier alpha value is -3.57. The van der Waals surface area contributed by atoms with Gasteiger partial charge >= 0.3 is 5.97 Å². The van der Waals surface area contributed by atoms with E-state index in [1.807, 2.05) is 66.7 Å². The molecule has 3 nitrogen and oxygen atoms in total. The Balaban J connectivity index is 1.36. The van der Waals surface area contributed by atoms with Crippen molar-refractivity contribution in [2.24, 2.45) is 0 Å². The number of benzene rings is 4. The molecule has 182 valence electrons. The molecule has 0 saturated heterocycles. The third kappa shape index (κ3) is 5.31. The lowest BCUT2D eigenvalue weighted by Gasteiger charge is -2.29. The highest BCUT2D eigenvalue weighted by Crippen LogP contribution is 2.42. The van der Waals surface area contributed by atoms with Gasteiger partial charge in [0.15, 0.2) is 32.9 Å². The first-order chi connectivity index (χ1) is 17.6. The van der Waals surface area contributed by atoms with E-state index < -0.39 is 28.3 Å². The van der Waals surface area contributed by atoms with Crippen LogP contribution in [-0.4, -0.2) is 12.6 Å². The van der Waals surface area contributed by atoms with E-state index in [-0.39, 0.29) is 12.4 Å². The molecule has 1 fully saturated rings. The molecule has 5 heteroatoms.